The Bertz CT molecular complexity index is 607. The van der Waals surface area contributed by atoms with Crippen LogP contribution in [0.2, 0.25) is 10.0 Å². The number of anilines is 1. The standard InChI is InChI=1S/C15H13Cl2N/c1-9-2-5-14-11(6-9)8-15(18-14)10-3-4-12(16)13(17)7-10/h2-7,15,18H,8H2,1H3. The molecule has 3 rings (SSSR count). The van der Waals surface area contributed by atoms with E-state index in [9.17, 15) is 0 Å². The minimum atomic E-state index is 0.288. The number of aryl methyl sites for hydroxylation is 1. The molecular formula is C15H13Cl2N. The van der Waals surface area contributed by atoms with E-state index < -0.39 is 0 Å². The molecule has 0 saturated carbocycles. The maximum atomic E-state index is 6.07. The van der Waals surface area contributed by atoms with Crippen LogP contribution in [0.3, 0.4) is 0 Å². The number of hydrogen-bond acceptors (Lipinski definition) is 1. The molecule has 1 unspecified atom stereocenters. The fourth-order valence-corrected chi connectivity index (χ4v) is 2.73. The lowest BCUT2D eigenvalue weighted by atomic mass is 10.0. The van der Waals surface area contributed by atoms with E-state index in [4.69, 9.17) is 23.2 Å². The summed E-state index contributed by atoms with van der Waals surface area (Å²) in [5, 5.41) is 4.74. The summed E-state index contributed by atoms with van der Waals surface area (Å²) in [6, 6.07) is 12.6. The zero-order valence-corrected chi connectivity index (χ0v) is 11.5. The van der Waals surface area contributed by atoms with Crippen LogP contribution in [0, 0.1) is 6.92 Å². The molecule has 0 aliphatic carbocycles. The smallest absolute Gasteiger partial charge is 0.0595 e. The third-order valence-electron chi connectivity index (χ3n) is 3.36. The first-order chi connectivity index (χ1) is 8.63. The Balaban J connectivity index is 1.91. The van der Waals surface area contributed by atoms with Crippen molar-refractivity contribution in [3.63, 3.8) is 0 Å². The highest BCUT2D eigenvalue weighted by atomic mass is 35.5. The lowest BCUT2D eigenvalue weighted by Crippen LogP contribution is -2.05. The summed E-state index contributed by atoms with van der Waals surface area (Å²) in [4.78, 5) is 0. The zero-order valence-electron chi connectivity index (χ0n) is 10.0. The first-order valence-corrected chi connectivity index (χ1v) is 6.70. The molecule has 1 aliphatic heterocycles. The number of halogens is 2. The molecule has 0 aromatic heterocycles. The lowest BCUT2D eigenvalue weighted by molar-refractivity contribution is 0.824. The zero-order chi connectivity index (χ0) is 12.7. The average Bonchev–Trinajstić information content (AvgIpc) is 2.75. The third-order valence-corrected chi connectivity index (χ3v) is 4.10. The van der Waals surface area contributed by atoms with Crippen molar-refractivity contribution in [1.82, 2.24) is 0 Å². The molecular weight excluding hydrogens is 265 g/mol. The summed E-state index contributed by atoms with van der Waals surface area (Å²) >= 11 is 12.0. The summed E-state index contributed by atoms with van der Waals surface area (Å²) in [6.07, 6.45) is 0.995. The highest BCUT2D eigenvalue weighted by Gasteiger charge is 2.22. The van der Waals surface area contributed by atoms with Crippen LogP contribution in [0.25, 0.3) is 0 Å². The molecule has 1 heterocycles. The lowest BCUT2D eigenvalue weighted by Gasteiger charge is -2.12. The summed E-state index contributed by atoms with van der Waals surface area (Å²) in [5.41, 5.74) is 5.06. The van der Waals surface area contributed by atoms with Gasteiger partial charge in [0, 0.05) is 5.69 Å². The van der Waals surface area contributed by atoms with Crippen LogP contribution in [-0.2, 0) is 6.42 Å². The van der Waals surface area contributed by atoms with Gasteiger partial charge in [-0.05, 0) is 42.7 Å². The van der Waals surface area contributed by atoms with Crippen LogP contribution in [0.4, 0.5) is 5.69 Å². The van der Waals surface area contributed by atoms with Crippen molar-refractivity contribution < 1.29 is 0 Å². The Morgan fingerprint density at radius 1 is 1.06 bits per heavy atom. The molecule has 1 aliphatic rings. The fraction of sp³-hybridized carbons (Fsp3) is 0.200. The van der Waals surface area contributed by atoms with E-state index in [1.165, 1.54) is 22.4 Å². The molecule has 0 saturated heterocycles. The Morgan fingerprint density at radius 2 is 1.89 bits per heavy atom. The van der Waals surface area contributed by atoms with Crippen molar-refractivity contribution in [3.8, 4) is 0 Å². The van der Waals surface area contributed by atoms with Gasteiger partial charge >= 0.3 is 0 Å². The van der Waals surface area contributed by atoms with Gasteiger partial charge in [0.1, 0.15) is 0 Å². The van der Waals surface area contributed by atoms with Gasteiger partial charge in [-0.3, -0.25) is 0 Å². The Morgan fingerprint density at radius 3 is 2.67 bits per heavy atom. The number of nitrogens with one attached hydrogen (secondary N) is 1. The number of hydrogen-bond donors (Lipinski definition) is 1. The van der Waals surface area contributed by atoms with Gasteiger partial charge in [0.2, 0.25) is 0 Å². The molecule has 1 nitrogen and oxygen atoms in total. The van der Waals surface area contributed by atoms with Crippen LogP contribution in [0.5, 0.6) is 0 Å². The molecule has 0 bridgehead atoms. The monoisotopic (exact) mass is 277 g/mol. The molecule has 0 amide bonds. The summed E-state index contributed by atoms with van der Waals surface area (Å²) in [7, 11) is 0. The molecule has 3 heteroatoms. The van der Waals surface area contributed by atoms with E-state index >= 15 is 0 Å². The van der Waals surface area contributed by atoms with Crippen molar-refractivity contribution >= 4 is 28.9 Å². The normalized spacial score (nSPS) is 17.4. The number of rotatable bonds is 1. The first kappa shape index (κ1) is 11.9. The van der Waals surface area contributed by atoms with Gasteiger partial charge in [-0.15, -0.1) is 0 Å². The largest absolute Gasteiger partial charge is 0.378 e. The second-order valence-corrected chi connectivity index (χ2v) is 5.55. The van der Waals surface area contributed by atoms with Crippen molar-refractivity contribution in [3.05, 3.63) is 63.1 Å². The Kier molecular flexibility index (Phi) is 2.96. The second kappa shape index (κ2) is 4.49. The van der Waals surface area contributed by atoms with Crippen LogP contribution in [-0.4, -0.2) is 0 Å². The van der Waals surface area contributed by atoms with Gasteiger partial charge in [0.25, 0.3) is 0 Å². The van der Waals surface area contributed by atoms with E-state index in [1.54, 1.807) is 0 Å². The Hall–Kier alpha value is -1.18. The van der Waals surface area contributed by atoms with E-state index in [2.05, 4.69) is 30.4 Å². The quantitative estimate of drug-likeness (QED) is 0.773. The van der Waals surface area contributed by atoms with Crippen molar-refractivity contribution in [1.29, 1.82) is 0 Å². The van der Waals surface area contributed by atoms with E-state index in [1.807, 2.05) is 18.2 Å². The second-order valence-electron chi connectivity index (χ2n) is 4.74. The molecule has 0 radical (unpaired) electrons. The third kappa shape index (κ3) is 2.09. The van der Waals surface area contributed by atoms with Crippen LogP contribution in [0.15, 0.2) is 36.4 Å². The molecule has 2 aromatic rings. The molecule has 1 atom stereocenters. The first-order valence-electron chi connectivity index (χ1n) is 5.94. The van der Waals surface area contributed by atoms with Crippen LogP contribution < -0.4 is 5.32 Å². The van der Waals surface area contributed by atoms with Gasteiger partial charge in [0.05, 0.1) is 16.1 Å². The highest BCUT2D eigenvalue weighted by Crippen LogP contribution is 2.36. The molecule has 0 spiro atoms. The van der Waals surface area contributed by atoms with Gasteiger partial charge < -0.3 is 5.32 Å². The van der Waals surface area contributed by atoms with Gasteiger partial charge in [0.15, 0.2) is 0 Å². The van der Waals surface area contributed by atoms with Crippen molar-refractivity contribution in [2.45, 2.75) is 19.4 Å². The predicted octanol–water partition coefficient (Wildman–Crippen LogP) is 5.01. The highest BCUT2D eigenvalue weighted by molar-refractivity contribution is 6.42. The summed E-state index contributed by atoms with van der Waals surface area (Å²) < 4.78 is 0. The van der Waals surface area contributed by atoms with Crippen molar-refractivity contribution in [2.75, 3.05) is 5.32 Å². The van der Waals surface area contributed by atoms with Crippen LogP contribution in [0.1, 0.15) is 22.7 Å². The predicted molar refractivity (Wildman–Crippen MR) is 77.7 cm³/mol. The van der Waals surface area contributed by atoms with Crippen molar-refractivity contribution in [2.24, 2.45) is 0 Å². The molecule has 2 aromatic carbocycles. The molecule has 92 valence electrons. The summed E-state index contributed by atoms with van der Waals surface area (Å²) in [5.74, 6) is 0. The van der Waals surface area contributed by atoms with E-state index in [-0.39, 0.29) is 6.04 Å². The topological polar surface area (TPSA) is 12.0 Å². The minimum Gasteiger partial charge on any atom is -0.378 e. The summed E-state index contributed by atoms with van der Waals surface area (Å²) in [6.45, 7) is 2.12. The number of benzene rings is 2. The molecule has 18 heavy (non-hydrogen) atoms. The van der Waals surface area contributed by atoms with Gasteiger partial charge in [-0.2, -0.15) is 0 Å². The van der Waals surface area contributed by atoms with Gasteiger partial charge in [-0.25, -0.2) is 0 Å². The molecule has 1 N–H and O–H groups in total. The van der Waals surface area contributed by atoms with E-state index in [0.717, 1.165) is 6.42 Å². The maximum absolute atomic E-state index is 6.07. The fourth-order valence-electron chi connectivity index (χ4n) is 2.42. The average molecular weight is 278 g/mol. The molecule has 0 fully saturated rings. The maximum Gasteiger partial charge on any atom is 0.0595 e. The SMILES string of the molecule is Cc1ccc2c(c1)CC(c1ccc(Cl)c(Cl)c1)N2. The Labute approximate surface area is 117 Å². The van der Waals surface area contributed by atoms with E-state index in [0.29, 0.717) is 10.0 Å². The minimum absolute atomic E-state index is 0.288. The van der Waals surface area contributed by atoms with Crippen LogP contribution >= 0.6 is 23.2 Å². The van der Waals surface area contributed by atoms with Gasteiger partial charge in [-0.1, -0.05) is 47.0 Å². The number of fused-ring (bicyclic) bond motifs is 1.